The van der Waals surface area contributed by atoms with E-state index in [1.165, 1.54) is 10.6 Å². The van der Waals surface area contributed by atoms with Gasteiger partial charge in [0, 0.05) is 13.6 Å². The highest BCUT2D eigenvalue weighted by Gasteiger charge is 2.12. The Kier molecular flexibility index (Phi) is 3.80. The van der Waals surface area contributed by atoms with E-state index in [2.05, 4.69) is 15.5 Å². The van der Waals surface area contributed by atoms with Crippen molar-refractivity contribution >= 4 is 0 Å². The largest absolute Gasteiger partial charge is 0.343 e. The van der Waals surface area contributed by atoms with Crippen LogP contribution in [0.3, 0.4) is 0 Å². The summed E-state index contributed by atoms with van der Waals surface area (Å²) in [5, 5.41) is 9.61. The van der Waals surface area contributed by atoms with Gasteiger partial charge in [-0.2, -0.15) is 5.10 Å². The highest BCUT2D eigenvalue weighted by atomic mass is 19.1. The van der Waals surface area contributed by atoms with Crippen LogP contribution in [0.15, 0.2) is 23.0 Å². The van der Waals surface area contributed by atoms with Crippen LogP contribution in [0.5, 0.6) is 0 Å². The van der Waals surface area contributed by atoms with Crippen LogP contribution in [-0.2, 0) is 13.6 Å². The molecule has 2 rings (SSSR count). The topological polar surface area (TPSA) is 62.7 Å². The molecule has 0 radical (unpaired) electrons. The average Bonchev–Trinajstić information content (AvgIpc) is 2.71. The van der Waals surface area contributed by atoms with E-state index in [4.69, 9.17) is 0 Å². The molecule has 0 aliphatic rings. The van der Waals surface area contributed by atoms with E-state index in [1.807, 2.05) is 6.92 Å². The lowest BCUT2D eigenvalue weighted by Crippen LogP contribution is -2.23. The van der Waals surface area contributed by atoms with E-state index < -0.39 is 0 Å². The number of rotatable bonds is 4. The Morgan fingerprint density at radius 1 is 1.53 bits per heavy atom. The summed E-state index contributed by atoms with van der Waals surface area (Å²) in [5.41, 5.74) is 1.38. The maximum Gasteiger partial charge on any atom is 0.343 e. The normalized spacial score (nSPS) is 12.6. The number of aryl methyl sites for hydroxylation is 1. The van der Waals surface area contributed by atoms with Crippen molar-refractivity contribution < 1.29 is 4.39 Å². The predicted molar refractivity (Wildman–Crippen MR) is 70.2 cm³/mol. The molecule has 0 aliphatic carbocycles. The zero-order valence-electron chi connectivity index (χ0n) is 11.2. The summed E-state index contributed by atoms with van der Waals surface area (Å²) in [6.07, 6.45) is 0. The predicted octanol–water partition coefficient (Wildman–Crippen LogP) is 1.41. The van der Waals surface area contributed by atoms with Crippen molar-refractivity contribution in [3.8, 4) is 0 Å². The molecule has 1 aromatic carbocycles. The van der Waals surface area contributed by atoms with Gasteiger partial charge in [0.1, 0.15) is 11.6 Å². The molecule has 0 saturated heterocycles. The van der Waals surface area contributed by atoms with E-state index in [0.29, 0.717) is 17.9 Å². The van der Waals surface area contributed by atoms with Gasteiger partial charge >= 0.3 is 5.69 Å². The Morgan fingerprint density at radius 2 is 2.26 bits per heavy atom. The first-order valence-electron chi connectivity index (χ1n) is 6.08. The molecule has 19 heavy (non-hydrogen) atoms. The third kappa shape index (κ3) is 2.90. The molecule has 6 heteroatoms. The molecule has 0 saturated carbocycles. The molecule has 0 spiro atoms. The Morgan fingerprint density at radius 3 is 2.84 bits per heavy atom. The van der Waals surface area contributed by atoms with E-state index >= 15 is 0 Å². The minimum Gasteiger partial charge on any atom is -0.303 e. The highest BCUT2D eigenvalue weighted by Crippen LogP contribution is 2.11. The van der Waals surface area contributed by atoms with Gasteiger partial charge in [0.2, 0.25) is 0 Å². The number of aromatic amines is 1. The molecule has 0 amide bonds. The molecule has 102 valence electrons. The summed E-state index contributed by atoms with van der Waals surface area (Å²) in [4.78, 5) is 11.3. The lowest BCUT2D eigenvalue weighted by Gasteiger charge is -2.13. The van der Waals surface area contributed by atoms with Crippen molar-refractivity contribution in [2.75, 3.05) is 0 Å². The van der Waals surface area contributed by atoms with Crippen LogP contribution in [-0.4, -0.2) is 14.8 Å². The summed E-state index contributed by atoms with van der Waals surface area (Å²) in [6.45, 7) is 4.25. The van der Waals surface area contributed by atoms with E-state index in [0.717, 1.165) is 5.56 Å². The zero-order chi connectivity index (χ0) is 14.0. The second-order valence-corrected chi connectivity index (χ2v) is 4.63. The van der Waals surface area contributed by atoms with Crippen molar-refractivity contribution in [1.29, 1.82) is 0 Å². The summed E-state index contributed by atoms with van der Waals surface area (Å²) < 4.78 is 14.6. The highest BCUT2D eigenvalue weighted by molar-refractivity contribution is 5.23. The van der Waals surface area contributed by atoms with Gasteiger partial charge in [-0.15, -0.1) is 0 Å². The fourth-order valence-corrected chi connectivity index (χ4v) is 1.93. The first kappa shape index (κ1) is 13.5. The molecule has 5 nitrogen and oxygen atoms in total. The molecule has 1 heterocycles. The summed E-state index contributed by atoms with van der Waals surface area (Å²) >= 11 is 0. The number of nitrogens with one attached hydrogen (secondary N) is 2. The Balaban J connectivity index is 2.04. The molecule has 1 unspecified atom stereocenters. The molecule has 1 atom stereocenters. The van der Waals surface area contributed by atoms with Crippen molar-refractivity contribution in [3.05, 3.63) is 51.5 Å². The third-order valence-corrected chi connectivity index (χ3v) is 3.14. The molecule has 0 fully saturated rings. The SMILES string of the molecule is Cc1cc(CNC(C)c2n[nH]c(=O)n2C)ccc1F. The van der Waals surface area contributed by atoms with Crippen LogP contribution >= 0.6 is 0 Å². The number of hydrogen-bond donors (Lipinski definition) is 2. The van der Waals surface area contributed by atoms with Gasteiger partial charge in [0.05, 0.1) is 6.04 Å². The van der Waals surface area contributed by atoms with E-state index in [1.54, 1.807) is 26.1 Å². The van der Waals surface area contributed by atoms with Gasteiger partial charge in [-0.25, -0.2) is 14.3 Å². The lowest BCUT2D eigenvalue weighted by molar-refractivity contribution is 0.525. The number of benzene rings is 1. The van der Waals surface area contributed by atoms with E-state index in [9.17, 15) is 9.18 Å². The third-order valence-electron chi connectivity index (χ3n) is 3.14. The van der Waals surface area contributed by atoms with Crippen LogP contribution in [0.2, 0.25) is 0 Å². The molecule has 2 N–H and O–H groups in total. The fraction of sp³-hybridized carbons (Fsp3) is 0.385. The minimum atomic E-state index is -0.235. The molecule has 1 aromatic heterocycles. The second-order valence-electron chi connectivity index (χ2n) is 4.63. The van der Waals surface area contributed by atoms with Gasteiger partial charge < -0.3 is 5.32 Å². The number of halogens is 1. The number of hydrogen-bond acceptors (Lipinski definition) is 3. The number of aromatic nitrogens is 3. The Bertz CT molecular complexity index is 632. The molecular weight excluding hydrogens is 247 g/mol. The van der Waals surface area contributed by atoms with Gasteiger partial charge in [-0.1, -0.05) is 12.1 Å². The van der Waals surface area contributed by atoms with Crippen molar-refractivity contribution in [2.24, 2.45) is 7.05 Å². The zero-order valence-corrected chi connectivity index (χ0v) is 11.2. The first-order valence-corrected chi connectivity index (χ1v) is 6.08. The van der Waals surface area contributed by atoms with Crippen LogP contribution < -0.4 is 11.0 Å². The molecule has 2 aromatic rings. The quantitative estimate of drug-likeness (QED) is 0.877. The van der Waals surface area contributed by atoms with Gasteiger partial charge in [0.15, 0.2) is 0 Å². The molecule has 0 aliphatic heterocycles. The fourth-order valence-electron chi connectivity index (χ4n) is 1.93. The van der Waals surface area contributed by atoms with Crippen molar-refractivity contribution in [2.45, 2.75) is 26.4 Å². The van der Waals surface area contributed by atoms with Crippen molar-refractivity contribution in [1.82, 2.24) is 20.1 Å². The Hall–Kier alpha value is -1.95. The summed E-state index contributed by atoms with van der Waals surface area (Å²) in [7, 11) is 1.67. The van der Waals surface area contributed by atoms with Crippen LogP contribution in [0.4, 0.5) is 4.39 Å². The lowest BCUT2D eigenvalue weighted by atomic mass is 10.1. The maximum atomic E-state index is 13.1. The summed E-state index contributed by atoms with van der Waals surface area (Å²) in [5.74, 6) is 0.440. The van der Waals surface area contributed by atoms with Gasteiger partial charge in [0.25, 0.3) is 0 Å². The Labute approximate surface area is 110 Å². The smallest absolute Gasteiger partial charge is 0.303 e. The number of nitrogens with zero attached hydrogens (tertiary/aromatic N) is 2. The molecule has 0 bridgehead atoms. The average molecular weight is 264 g/mol. The first-order chi connectivity index (χ1) is 8.99. The number of H-pyrrole nitrogens is 1. The van der Waals surface area contributed by atoms with Crippen molar-refractivity contribution in [3.63, 3.8) is 0 Å². The second kappa shape index (κ2) is 5.36. The standard InChI is InChI=1S/C13H17FN4O/c1-8-6-10(4-5-11(8)14)7-15-9(2)12-16-17-13(19)18(12)3/h4-6,9,15H,7H2,1-3H3,(H,17,19). The summed E-state index contributed by atoms with van der Waals surface area (Å²) in [6, 6.07) is 4.93. The monoisotopic (exact) mass is 264 g/mol. The molecular formula is C13H17FN4O. The van der Waals surface area contributed by atoms with Gasteiger partial charge in [-0.05, 0) is 31.0 Å². The van der Waals surface area contributed by atoms with Crippen LogP contribution in [0, 0.1) is 12.7 Å². The van der Waals surface area contributed by atoms with E-state index in [-0.39, 0.29) is 17.5 Å². The van der Waals surface area contributed by atoms with Gasteiger partial charge in [-0.3, -0.25) is 4.57 Å². The minimum absolute atomic E-state index is 0.0747. The van der Waals surface area contributed by atoms with Crippen LogP contribution in [0.25, 0.3) is 0 Å². The van der Waals surface area contributed by atoms with Crippen LogP contribution in [0.1, 0.15) is 29.9 Å². The maximum absolute atomic E-state index is 13.1.